The second-order valence-electron chi connectivity index (χ2n) is 5.73. The molecule has 0 aliphatic rings. The van der Waals surface area contributed by atoms with Gasteiger partial charge in [-0.2, -0.15) is 5.26 Å². The zero-order valence-electron chi connectivity index (χ0n) is 14.0. The predicted octanol–water partition coefficient (Wildman–Crippen LogP) is 4.05. The normalized spacial score (nSPS) is 13.5. The molecular weight excluding hydrogens is 260 g/mol. The van der Waals surface area contributed by atoms with Crippen LogP contribution in [0.15, 0.2) is 12.1 Å². The molecule has 0 aromatic heterocycles. The van der Waals surface area contributed by atoms with E-state index in [1.54, 1.807) is 0 Å². The van der Waals surface area contributed by atoms with Crippen LogP contribution in [-0.2, 0) is 0 Å². The fourth-order valence-electron chi connectivity index (χ4n) is 2.61. The van der Waals surface area contributed by atoms with Gasteiger partial charge in [-0.05, 0) is 69.3 Å². The van der Waals surface area contributed by atoms with Gasteiger partial charge in [0.1, 0.15) is 11.3 Å². The Morgan fingerprint density at radius 1 is 1.24 bits per heavy atom. The minimum absolute atomic E-state index is 0.407. The van der Waals surface area contributed by atoms with Crippen LogP contribution in [0.2, 0.25) is 0 Å². The van der Waals surface area contributed by atoms with Crippen molar-refractivity contribution in [2.24, 2.45) is 0 Å². The molecule has 0 bridgehead atoms. The molecule has 21 heavy (non-hydrogen) atoms. The van der Waals surface area contributed by atoms with Crippen LogP contribution in [-0.4, -0.2) is 18.7 Å². The maximum Gasteiger partial charge on any atom is 0.122 e. The number of nitrogens with zero attached hydrogens (tertiary/aromatic N) is 1. The van der Waals surface area contributed by atoms with Crippen LogP contribution in [0.4, 0.5) is 0 Å². The maximum atomic E-state index is 9.39. The first-order valence-corrected chi connectivity index (χ1v) is 7.85. The third kappa shape index (κ3) is 4.75. The Bertz CT molecular complexity index is 505. The average molecular weight is 288 g/mol. The number of ether oxygens (including phenoxy) is 1. The van der Waals surface area contributed by atoms with E-state index < -0.39 is 5.54 Å². The SMILES string of the molecule is CCNC(C#N)(CC)CCCOc1cc(C)cc(C)c1C. The zero-order chi connectivity index (χ0) is 15.9. The summed E-state index contributed by atoms with van der Waals surface area (Å²) in [5.74, 6) is 0.968. The van der Waals surface area contributed by atoms with Crippen LogP contribution in [0.3, 0.4) is 0 Å². The first-order valence-electron chi connectivity index (χ1n) is 7.85. The lowest BCUT2D eigenvalue weighted by Crippen LogP contribution is -2.43. The smallest absolute Gasteiger partial charge is 0.122 e. The molecule has 1 atom stereocenters. The molecule has 3 heteroatoms. The topological polar surface area (TPSA) is 45.0 Å². The lowest BCUT2D eigenvalue weighted by atomic mass is 9.92. The highest BCUT2D eigenvalue weighted by molar-refractivity contribution is 5.41. The Labute approximate surface area is 129 Å². The Balaban J connectivity index is 2.56. The average Bonchev–Trinajstić information content (AvgIpc) is 2.47. The zero-order valence-corrected chi connectivity index (χ0v) is 14.0. The summed E-state index contributed by atoms with van der Waals surface area (Å²) in [6.45, 7) is 11.9. The minimum Gasteiger partial charge on any atom is -0.493 e. The van der Waals surface area contributed by atoms with E-state index in [2.05, 4.69) is 51.2 Å². The molecule has 1 aromatic carbocycles. The monoisotopic (exact) mass is 288 g/mol. The third-order valence-electron chi connectivity index (χ3n) is 4.10. The first-order chi connectivity index (χ1) is 9.98. The molecule has 0 radical (unpaired) electrons. The lowest BCUT2D eigenvalue weighted by molar-refractivity contribution is 0.276. The Morgan fingerprint density at radius 3 is 2.52 bits per heavy atom. The van der Waals surface area contributed by atoms with Crippen molar-refractivity contribution in [3.05, 3.63) is 28.8 Å². The summed E-state index contributed by atoms with van der Waals surface area (Å²) in [4.78, 5) is 0. The van der Waals surface area contributed by atoms with Gasteiger partial charge in [-0.3, -0.25) is 5.32 Å². The molecule has 1 unspecified atom stereocenters. The largest absolute Gasteiger partial charge is 0.493 e. The summed E-state index contributed by atoms with van der Waals surface area (Å²) in [5, 5.41) is 12.7. The molecule has 1 aromatic rings. The molecule has 1 N–H and O–H groups in total. The van der Waals surface area contributed by atoms with Gasteiger partial charge in [-0.25, -0.2) is 0 Å². The Hall–Kier alpha value is -1.53. The summed E-state index contributed by atoms with van der Waals surface area (Å²) in [6, 6.07) is 6.69. The van der Waals surface area contributed by atoms with E-state index in [0.717, 1.165) is 31.6 Å². The molecule has 0 aliphatic heterocycles. The second kappa shape index (κ2) is 8.05. The number of nitriles is 1. The summed E-state index contributed by atoms with van der Waals surface area (Å²) in [7, 11) is 0. The highest BCUT2D eigenvalue weighted by Gasteiger charge is 2.25. The fraction of sp³-hybridized carbons (Fsp3) is 0.611. The number of hydrogen-bond donors (Lipinski definition) is 1. The van der Waals surface area contributed by atoms with Crippen molar-refractivity contribution >= 4 is 0 Å². The Kier molecular flexibility index (Phi) is 6.71. The van der Waals surface area contributed by atoms with Crippen molar-refractivity contribution in [3.63, 3.8) is 0 Å². The molecule has 0 amide bonds. The van der Waals surface area contributed by atoms with Crippen LogP contribution in [0.5, 0.6) is 5.75 Å². The highest BCUT2D eigenvalue weighted by atomic mass is 16.5. The van der Waals surface area contributed by atoms with Gasteiger partial charge < -0.3 is 4.74 Å². The van der Waals surface area contributed by atoms with Gasteiger partial charge in [0.25, 0.3) is 0 Å². The van der Waals surface area contributed by atoms with Gasteiger partial charge in [0.05, 0.1) is 12.7 Å². The van der Waals surface area contributed by atoms with Gasteiger partial charge in [0, 0.05) is 0 Å². The number of benzene rings is 1. The Morgan fingerprint density at radius 2 is 1.95 bits per heavy atom. The number of nitrogens with one attached hydrogen (secondary N) is 1. The number of aryl methyl sites for hydroxylation is 2. The minimum atomic E-state index is -0.407. The van der Waals surface area contributed by atoms with Crippen molar-refractivity contribution in [3.8, 4) is 11.8 Å². The van der Waals surface area contributed by atoms with Crippen LogP contribution < -0.4 is 10.1 Å². The van der Waals surface area contributed by atoms with Crippen LogP contribution >= 0.6 is 0 Å². The first kappa shape index (κ1) is 17.5. The molecule has 0 saturated heterocycles. The van der Waals surface area contributed by atoms with Gasteiger partial charge in [-0.1, -0.05) is 19.9 Å². The van der Waals surface area contributed by atoms with Crippen molar-refractivity contribution in [1.82, 2.24) is 5.32 Å². The van der Waals surface area contributed by atoms with Gasteiger partial charge in [-0.15, -0.1) is 0 Å². The van der Waals surface area contributed by atoms with E-state index in [9.17, 15) is 5.26 Å². The number of hydrogen-bond acceptors (Lipinski definition) is 3. The lowest BCUT2D eigenvalue weighted by Gasteiger charge is -2.26. The molecular formula is C18H28N2O. The fourth-order valence-corrected chi connectivity index (χ4v) is 2.61. The second-order valence-corrected chi connectivity index (χ2v) is 5.73. The number of rotatable bonds is 8. The van der Waals surface area contributed by atoms with Crippen molar-refractivity contribution in [1.29, 1.82) is 5.26 Å². The molecule has 0 fully saturated rings. The van der Waals surface area contributed by atoms with E-state index >= 15 is 0 Å². The summed E-state index contributed by atoms with van der Waals surface area (Å²) >= 11 is 0. The van der Waals surface area contributed by atoms with Gasteiger partial charge >= 0.3 is 0 Å². The van der Waals surface area contributed by atoms with Gasteiger partial charge in [0.15, 0.2) is 0 Å². The summed E-state index contributed by atoms with van der Waals surface area (Å²) in [6.07, 6.45) is 2.51. The maximum absolute atomic E-state index is 9.39. The van der Waals surface area contributed by atoms with Crippen molar-refractivity contribution in [2.75, 3.05) is 13.2 Å². The van der Waals surface area contributed by atoms with Crippen LogP contribution in [0.1, 0.15) is 49.8 Å². The van der Waals surface area contributed by atoms with E-state index in [4.69, 9.17) is 4.74 Å². The quantitative estimate of drug-likeness (QED) is 0.734. The van der Waals surface area contributed by atoms with Gasteiger partial charge in [0.2, 0.25) is 0 Å². The van der Waals surface area contributed by atoms with Crippen molar-refractivity contribution < 1.29 is 4.74 Å². The summed E-state index contributed by atoms with van der Waals surface area (Å²) < 4.78 is 5.92. The molecule has 0 spiro atoms. The van der Waals surface area contributed by atoms with E-state index in [-0.39, 0.29) is 0 Å². The van der Waals surface area contributed by atoms with E-state index in [0.29, 0.717) is 6.61 Å². The molecule has 0 aliphatic carbocycles. The molecule has 3 nitrogen and oxygen atoms in total. The predicted molar refractivity (Wildman–Crippen MR) is 87.7 cm³/mol. The molecule has 1 rings (SSSR count). The van der Waals surface area contributed by atoms with E-state index in [1.165, 1.54) is 16.7 Å². The van der Waals surface area contributed by atoms with Crippen LogP contribution in [0, 0.1) is 32.1 Å². The van der Waals surface area contributed by atoms with Crippen molar-refractivity contribution in [2.45, 2.75) is 59.4 Å². The highest BCUT2D eigenvalue weighted by Crippen LogP contribution is 2.24. The molecule has 0 heterocycles. The third-order valence-corrected chi connectivity index (χ3v) is 4.10. The molecule has 116 valence electrons. The summed E-state index contributed by atoms with van der Waals surface area (Å²) in [5.41, 5.74) is 3.28. The van der Waals surface area contributed by atoms with E-state index in [1.807, 2.05) is 6.92 Å². The van der Waals surface area contributed by atoms with Crippen LogP contribution in [0.25, 0.3) is 0 Å². The molecule has 0 saturated carbocycles. The standard InChI is InChI=1S/C18H28N2O/c1-6-18(13-19,20-7-2)9-8-10-21-17-12-14(3)11-15(4)16(17)5/h11-12,20H,6-10H2,1-5H3.